The van der Waals surface area contributed by atoms with Crippen LogP contribution in [0, 0.1) is 17.8 Å². The molecule has 0 heterocycles. The first-order valence-electron chi connectivity index (χ1n) is 7.42. The average molecular weight is 268 g/mol. The lowest BCUT2D eigenvalue weighted by Gasteiger charge is -2.55. The van der Waals surface area contributed by atoms with Gasteiger partial charge >= 0.3 is 6.16 Å². The van der Waals surface area contributed by atoms with E-state index in [1.54, 1.807) is 0 Å². The van der Waals surface area contributed by atoms with E-state index in [4.69, 9.17) is 14.5 Å². The molecule has 19 heavy (non-hydrogen) atoms. The van der Waals surface area contributed by atoms with Crippen molar-refractivity contribution in [1.29, 1.82) is 0 Å². The molecule has 0 radical (unpaired) electrons. The van der Waals surface area contributed by atoms with Gasteiger partial charge in [-0.05, 0) is 77.0 Å². The quantitative estimate of drug-likeness (QED) is 0.433. The summed E-state index contributed by atoms with van der Waals surface area (Å²) in [5.74, 6) is 2.26. The number of rotatable bonds is 2. The first-order valence-corrected chi connectivity index (χ1v) is 7.42. The van der Waals surface area contributed by atoms with Crippen molar-refractivity contribution in [3.8, 4) is 0 Å². The maximum atomic E-state index is 11.8. The second-order valence-electron chi connectivity index (χ2n) is 7.73. The lowest BCUT2D eigenvalue weighted by Crippen LogP contribution is -2.52. The van der Waals surface area contributed by atoms with Crippen molar-refractivity contribution in [1.82, 2.24) is 0 Å². The summed E-state index contributed by atoms with van der Waals surface area (Å²) in [6.07, 6.45) is 6.37. The Bertz CT molecular complexity index is 334. The van der Waals surface area contributed by atoms with E-state index in [9.17, 15) is 4.79 Å². The third kappa shape index (κ3) is 2.88. The molecule has 4 aliphatic rings. The number of carbonyl (C=O) groups is 1. The predicted octanol–water partition coefficient (Wildman–Crippen LogP) is 3.84. The van der Waals surface area contributed by atoms with E-state index in [0.29, 0.717) is 0 Å². The second kappa shape index (κ2) is 4.37. The van der Waals surface area contributed by atoms with Gasteiger partial charge < -0.3 is 4.74 Å². The molecule has 0 spiro atoms. The molecule has 0 aromatic carbocycles. The lowest BCUT2D eigenvalue weighted by molar-refractivity contribution is -0.320. The van der Waals surface area contributed by atoms with Crippen LogP contribution in [0.15, 0.2) is 0 Å². The summed E-state index contributed by atoms with van der Waals surface area (Å²) in [7, 11) is 0. The van der Waals surface area contributed by atoms with Gasteiger partial charge in [0.05, 0.1) is 0 Å². The molecule has 4 saturated carbocycles. The van der Waals surface area contributed by atoms with Gasteiger partial charge in [-0.25, -0.2) is 4.79 Å². The van der Waals surface area contributed by atoms with Crippen LogP contribution in [0.5, 0.6) is 0 Å². The normalized spacial score (nSPS) is 40.3. The monoisotopic (exact) mass is 268 g/mol. The summed E-state index contributed by atoms with van der Waals surface area (Å²) in [6, 6.07) is 0. The van der Waals surface area contributed by atoms with Gasteiger partial charge in [-0.2, -0.15) is 4.89 Å². The molecule has 0 saturated heterocycles. The number of hydrogen-bond acceptors (Lipinski definition) is 4. The summed E-state index contributed by atoms with van der Waals surface area (Å²) < 4.78 is 5.66. The maximum absolute atomic E-state index is 11.8. The Labute approximate surface area is 114 Å². The molecule has 4 heteroatoms. The van der Waals surface area contributed by atoms with Crippen molar-refractivity contribution in [2.24, 2.45) is 17.8 Å². The van der Waals surface area contributed by atoms with Crippen LogP contribution in [0.1, 0.15) is 59.3 Å². The van der Waals surface area contributed by atoms with Crippen LogP contribution >= 0.6 is 0 Å². The van der Waals surface area contributed by atoms with Crippen molar-refractivity contribution in [3.63, 3.8) is 0 Å². The highest BCUT2D eigenvalue weighted by Crippen LogP contribution is 2.57. The Morgan fingerprint density at radius 3 is 1.89 bits per heavy atom. The van der Waals surface area contributed by atoms with E-state index in [1.165, 1.54) is 19.3 Å². The van der Waals surface area contributed by atoms with Crippen LogP contribution in [0.25, 0.3) is 0 Å². The molecule has 0 aromatic rings. The zero-order valence-electron chi connectivity index (χ0n) is 12.1. The van der Waals surface area contributed by atoms with Gasteiger partial charge in [0.15, 0.2) is 0 Å². The average Bonchev–Trinajstić information content (AvgIpc) is 2.22. The highest BCUT2D eigenvalue weighted by molar-refractivity contribution is 5.60. The van der Waals surface area contributed by atoms with Gasteiger partial charge in [0.1, 0.15) is 11.2 Å². The highest BCUT2D eigenvalue weighted by Gasteiger charge is 2.53. The van der Waals surface area contributed by atoms with Crippen molar-refractivity contribution >= 4 is 6.16 Å². The Morgan fingerprint density at radius 2 is 1.47 bits per heavy atom. The summed E-state index contributed by atoms with van der Waals surface area (Å²) in [5.41, 5.74) is -0.756. The molecule has 0 N–H and O–H groups in total. The van der Waals surface area contributed by atoms with Gasteiger partial charge in [-0.3, -0.25) is 4.89 Å². The van der Waals surface area contributed by atoms with E-state index >= 15 is 0 Å². The van der Waals surface area contributed by atoms with E-state index in [0.717, 1.165) is 37.0 Å². The molecule has 108 valence electrons. The minimum atomic E-state index is -0.670. The molecule has 4 nitrogen and oxygen atoms in total. The summed E-state index contributed by atoms with van der Waals surface area (Å²) in [5, 5.41) is 0. The Balaban J connectivity index is 1.59. The summed E-state index contributed by atoms with van der Waals surface area (Å²) in [4.78, 5) is 21.6. The van der Waals surface area contributed by atoms with Gasteiger partial charge in [0, 0.05) is 0 Å². The first-order chi connectivity index (χ1) is 8.84. The molecule has 4 rings (SSSR count). The predicted molar refractivity (Wildman–Crippen MR) is 69.3 cm³/mol. The standard InChI is InChI=1S/C15H24O4/c1-14(2,3)19-18-13(16)17-15-7-10-4-11(8-15)6-12(5-10)9-15/h10-12H,4-9H2,1-3H3. The molecule has 0 unspecified atom stereocenters. The summed E-state index contributed by atoms with van der Waals surface area (Å²) in [6.45, 7) is 5.51. The minimum Gasteiger partial charge on any atom is -0.426 e. The Kier molecular flexibility index (Phi) is 3.04. The molecule has 4 fully saturated rings. The van der Waals surface area contributed by atoms with E-state index in [1.807, 2.05) is 20.8 Å². The molecule has 0 amide bonds. The Morgan fingerprint density at radius 1 is 1.00 bits per heavy atom. The minimum absolute atomic E-state index is 0.257. The van der Waals surface area contributed by atoms with Crippen LogP contribution in [0.2, 0.25) is 0 Å². The zero-order chi connectivity index (χ0) is 13.7. The van der Waals surface area contributed by atoms with Crippen molar-refractivity contribution in [2.45, 2.75) is 70.5 Å². The number of hydrogen-bond donors (Lipinski definition) is 0. The van der Waals surface area contributed by atoms with E-state index in [2.05, 4.69) is 0 Å². The maximum Gasteiger partial charge on any atom is 0.541 e. The van der Waals surface area contributed by atoms with Gasteiger partial charge in [0.25, 0.3) is 0 Å². The van der Waals surface area contributed by atoms with Crippen molar-refractivity contribution in [2.75, 3.05) is 0 Å². The second-order valence-corrected chi connectivity index (χ2v) is 7.73. The number of ether oxygens (including phenoxy) is 1. The summed E-state index contributed by atoms with van der Waals surface area (Å²) >= 11 is 0. The number of carbonyl (C=O) groups excluding carboxylic acids is 1. The molecule has 0 aliphatic heterocycles. The van der Waals surface area contributed by atoms with Crippen LogP contribution in [0.4, 0.5) is 4.79 Å². The lowest BCUT2D eigenvalue weighted by atomic mass is 9.54. The molecular weight excluding hydrogens is 244 g/mol. The van der Waals surface area contributed by atoms with Crippen molar-refractivity contribution < 1.29 is 19.3 Å². The fourth-order valence-corrected chi connectivity index (χ4v) is 4.51. The van der Waals surface area contributed by atoms with Gasteiger partial charge in [0.2, 0.25) is 0 Å². The third-order valence-corrected chi connectivity index (χ3v) is 4.64. The molecular formula is C15H24O4. The fraction of sp³-hybridized carbons (Fsp3) is 0.933. The van der Waals surface area contributed by atoms with Crippen LogP contribution < -0.4 is 0 Å². The largest absolute Gasteiger partial charge is 0.541 e. The fourth-order valence-electron chi connectivity index (χ4n) is 4.51. The third-order valence-electron chi connectivity index (χ3n) is 4.64. The van der Waals surface area contributed by atoms with Crippen LogP contribution in [-0.4, -0.2) is 17.4 Å². The van der Waals surface area contributed by atoms with Gasteiger partial charge in [-0.15, -0.1) is 0 Å². The highest BCUT2D eigenvalue weighted by atomic mass is 17.2. The van der Waals surface area contributed by atoms with E-state index < -0.39 is 11.8 Å². The van der Waals surface area contributed by atoms with Crippen LogP contribution in [-0.2, 0) is 14.5 Å². The topological polar surface area (TPSA) is 44.8 Å². The molecule has 4 bridgehead atoms. The first kappa shape index (κ1) is 13.2. The van der Waals surface area contributed by atoms with Crippen molar-refractivity contribution in [3.05, 3.63) is 0 Å². The zero-order valence-corrected chi connectivity index (χ0v) is 12.1. The van der Waals surface area contributed by atoms with E-state index in [-0.39, 0.29) is 5.60 Å². The van der Waals surface area contributed by atoms with Gasteiger partial charge in [-0.1, -0.05) is 0 Å². The molecule has 0 atom stereocenters. The van der Waals surface area contributed by atoms with Crippen LogP contribution in [0.3, 0.4) is 0 Å². The SMILES string of the molecule is CC(C)(C)OOC(=O)OC12CC3CC(CC(C3)C1)C2. The molecule has 4 aliphatic carbocycles. The Hall–Kier alpha value is -0.770. The molecule has 0 aromatic heterocycles. The smallest absolute Gasteiger partial charge is 0.426 e.